The Balaban J connectivity index is 0.000000141. The molecule has 4 aromatic rings. The number of Topliss-reactive ketones (excluding diaryl/α,β-unsaturated/α-hetero) is 2. The summed E-state index contributed by atoms with van der Waals surface area (Å²) in [4.78, 5) is 22.0. The van der Waals surface area contributed by atoms with E-state index in [1.54, 1.807) is 36.5 Å². The standard InChI is InChI=1S/2C10H8OS/c2*1-7(11)8-2-3-10-9(6-8)4-5-12-10/h2*2-6H,1H3. The van der Waals surface area contributed by atoms with Crippen LogP contribution in [0.3, 0.4) is 0 Å². The van der Waals surface area contributed by atoms with Gasteiger partial charge in [-0.3, -0.25) is 9.59 Å². The highest BCUT2D eigenvalue weighted by Crippen LogP contribution is 2.22. The largest absolute Gasteiger partial charge is 0.295 e. The fourth-order valence-corrected chi connectivity index (χ4v) is 3.91. The van der Waals surface area contributed by atoms with Crippen LogP contribution in [-0.2, 0) is 0 Å². The van der Waals surface area contributed by atoms with E-state index in [9.17, 15) is 9.59 Å². The Morgan fingerprint density at radius 2 is 1.08 bits per heavy atom. The van der Waals surface area contributed by atoms with E-state index in [0.29, 0.717) is 0 Å². The van der Waals surface area contributed by atoms with Crippen LogP contribution in [0.15, 0.2) is 59.3 Å². The molecule has 0 N–H and O–H groups in total. The van der Waals surface area contributed by atoms with E-state index in [2.05, 4.69) is 0 Å². The van der Waals surface area contributed by atoms with Crippen molar-refractivity contribution in [2.75, 3.05) is 0 Å². The minimum Gasteiger partial charge on any atom is -0.295 e. The Hall–Kier alpha value is -2.30. The smallest absolute Gasteiger partial charge is 0.159 e. The number of carbonyl (C=O) groups is 2. The van der Waals surface area contributed by atoms with Crippen molar-refractivity contribution in [3.05, 3.63) is 70.4 Å². The Morgan fingerprint density at radius 1 is 0.667 bits per heavy atom. The van der Waals surface area contributed by atoms with Crippen LogP contribution in [0.1, 0.15) is 34.6 Å². The van der Waals surface area contributed by atoms with Gasteiger partial charge in [0.25, 0.3) is 0 Å². The quantitative estimate of drug-likeness (QED) is 0.402. The summed E-state index contributed by atoms with van der Waals surface area (Å²) in [7, 11) is 0. The lowest BCUT2D eigenvalue weighted by Crippen LogP contribution is -1.89. The number of carbonyl (C=O) groups excluding carboxylic acids is 2. The van der Waals surface area contributed by atoms with Gasteiger partial charge >= 0.3 is 0 Å². The van der Waals surface area contributed by atoms with E-state index in [-0.39, 0.29) is 11.6 Å². The summed E-state index contributed by atoms with van der Waals surface area (Å²) in [5.41, 5.74) is 1.59. The molecule has 2 heterocycles. The van der Waals surface area contributed by atoms with Crippen molar-refractivity contribution < 1.29 is 9.59 Å². The summed E-state index contributed by atoms with van der Waals surface area (Å²) in [6.45, 7) is 3.18. The number of ketones is 2. The van der Waals surface area contributed by atoms with Gasteiger partial charge in [-0.15, -0.1) is 22.7 Å². The second-order valence-corrected chi connectivity index (χ2v) is 7.35. The van der Waals surface area contributed by atoms with Crippen LogP contribution in [0.5, 0.6) is 0 Å². The van der Waals surface area contributed by atoms with Gasteiger partial charge in [0.2, 0.25) is 0 Å². The molecule has 2 aromatic carbocycles. The average molecular weight is 352 g/mol. The molecule has 0 unspecified atom stereocenters. The molecule has 0 radical (unpaired) electrons. The highest BCUT2D eigenvalue weighted by Gasteiger charge is 2.01. The van der Waals surface area contributed by atoms with Crippen molar-refractivity contribution in [3.8, 4) is 0 Å². The summed E-state index contributed by atoms with van der Waals surface area (Å²) < 4.78 is 2.47. The molecule has 2 aromatic heterocycles. The van der Waals surface area contributed by atoms with Crippen LogP contribution in [0.2, 0.25) is 0 Å². The zero-order valence-corrected chi connectivity index (χ0v) is 15.0. The first-order valence-corrected chi connectivity index (χ1v) is 9.27. The van der Waals surface area contributed by atoms with Crippen LogP contribution in [0.25, 0.3) is 20.2 Å². The third-order valence-electron chi connectivity index (χ3n) is 3.72. The molecule has 0 saturated carbocycles. The highest BCUT2D eigenvalue weighted by molar-refractivity contribution is 7.17. The number of benzene rings is 2. The van der Waals surface area contributed by atoms with Gasteiger partial charge in [-0.25, -0.2) is 0 Å². The number of hydrogen-bond acceptors (Lipinski definition) is 4. The summed E-state index contributed by atoms with van der Waals surface area (Å²) >= 11 is 3.39. The van der Waals surface area contributed by atoms with E-state index >= 15 is 0 Å². The number of rotatable bonds is 2. The molecule has 4 rings (SSSR count). The summed E-state index contributed by atoms with van der Waals surface area (Å²) in [5, 5.41) is 6.39. The Labute approximate surface area is 148 Å². The molecule has 0 bridgehead atoms. The van der Waals surface area contributed by atoms with E-state index in [1.165, 1.54) is 9.40 Å². The second kappa shape index (κ2) is 7.07. The normalized spacial score (nSPS) is 10.4. The van der Waals surface area contributed by atoms with Crippen molar-refractivity contribution in [1.29, 1.82) is 0 Å². The Kier molecular flexibility index (Phi) is 4.88. The lowest BCUT2D eigenvalue weighted by atomic mass is 10.1. The molecule has 0 aliphatic heterocycles. The molecular formula is C20H16O2S2. The Morgan fingerprint density at radius 3 is 1.46 bits per heavy atom. The molecule has 0 atom stereocenters. The molecule has 0 aliphatic carbocycles. The molecular weight excluding hydrogens is 336 g/mol. The predicted octanol–water partition coefficient (Wildman–Crippen LogP) is 6.21. The maximum absolute atomic E-state index is 11.0. The van der Waals surface area contributed by atoms with Gasteiger partial charge in [0.1, 0.15) is 0 Å². The molecule has 0 saturated heterocycles. The molecule has 0 spiro atoms. The molecule has 0 aliphatic rings. The van der Waals surface area contributed by atoms with Crippen LogP contribution in [0.4, 0.5) is 0 Å². The number of fused-ring (bicyclic) bond motifs is 2. The van der Waals surface area contributed by atoms with Crippen molar-refractivity contribution in [2.24, 2.45) is 0 Å². The summed E-state index contributed by atoms with van der Waals surface area (Å²) in [6.07, 6.45) is 0. The fraction of sp³-hybridized carbons (Fsp3) is 0.100. The van der Waals surface area contributed by atoms with Gasteiger partial charge in [0.15, 0.2) is 11.6 Å². The minimum atomic E-state index is 0.128. The van der Waals surface area contributed by atoms with Crippen LogP contribution in [0, 0.1) is 0 Å². The number of thiophene rings is 2. The first-order chi connectivity index (χ1) is 11.5. The van der Waals surface area contributed by atoms with Gasteiger partial charge in [-0.05, 0) is 83.9 Å². The van der Waals surface area contributed by atoms with Gasteiger partial charge in [-0.1, -0.05) is 0 Å². The van der Waals surface area contributed by atoms with Crippen LogP contribution in [-0.4, -0.2) is 11.6 Å². The molecule has 2 nitrogen and oxygen atoms in total. The zero-order valence-electron chi connectivity index (χ0n) is 13.4. The van der Waals surface area contributed by atoms with Gasteiger partial charge in [-0.2, -0.15) is 0 Å². The zero-order chi connectivity index (χ0) is 17.1. The fourth-order valence-electron chi connectivity index (χ4n) is 2.37. The lowest BCUT2D eigenvalue weighted by molar-refractivity contribution is 0.100. The van der Waals surface area contributed by atoms with E-state index in [0.717, 1.165) is 21.9 Å². The van der Waals surface area contributed by atoms with E-state index < -0.39 is 0 Å². The summed E-state index contributed by atoms with van der Waals surface area (Å²) in [5.74, 6) is 0.256. The number of hydrogen-bond donors (Lipinski definition) is 0. The maximum Gasteiger partial charge on any atom is 0.159 e. The average Bonchev–Trinajstić information content (AvgIpc) is 3.22. The van der Waals surface area contributed by atoms with Gasteiger partial charge in [0, 0.05) is 20.5 Å². The topological polar surface area (TPSA) is 34.1 Å². The van der Waals surface area contributed by atoms with Crippen molar-refractivity contribution in [3.63, 3.8) is 0 Å². The molecule has 120 valence electrons. The van der Waals surface area contributed by atoms with Gasteiger partial charge in [0.05, 0.1) is 0 Å². The van der Waals surface area contributed by atoms with Crippen LogP contribution >= 0.6 is 22.7 Å². The molecule has 24 heavy (non-hydrogen) atoms. The second-order valence-electron chi connectivity index (χ2n) is 5.46. The molecule has 4 heteroatoms. The minimum absolute atomic E-state index is 0.128. The van der Waals surface area contributed by atoms with E-state index in [4.69, 9.17) is 0 Å². The third-order valence-corrected chi connectivity index (χ3v) is 5.51. The Bertz CT molecular complexity index is 940. The van der Waals surface area contributed by atoms with Crippen molar-refractivity contribution in [2.45, 2.75) is 13.8 Å². The predicted molar refractivity (Wildman–Crippen MR) is 104 cm³/mol. The maximum atomic E-state index is 11.0. The first-order valence-electron chi connectivity index (χ1n) is 7.51. The van der Waals surface area contributed by atoms with Crippen molar-refractivity contribution in [1.82, 2.24) is 0 Å². The van der Waals surface area contributed by atoms with Crippen LogP contribution < -0.4 is 0 Å². The third kappa shape index (κ3) is 3.61. The molecule has 0 amide bonds. The van der Waals surface area contributed by atoms with Gasteiger partial charge < -0.3 is 0 Å². The van der Waals surface area contributed by atoms with Crippen molar-refractivity contribution >= 4 is 54.4 Å². The first kappa shape index (κ1) is 16.6. The summed E-state index contributed by atoms with van der Waals surface area (Å²) in [6, 6.07) is 15.7. The SMILES string of the molecule is CC(=O)c1ccc2sccc2c1.CC(=O)c1ccc2sccc2c1. The lowest BCUT2D eigenvalue weighted by Gasteiger charge is -1.94. The van der Waals surface area contributed by atoms with E-state index in [1.807, 2.05) is 59.3 Å². The molecule has 0 fully saturated rings. The highest BCUT2D eigenvalue weighted by atomic mass is 32.1. The monoisotopic (exact) mass is 352 g/mol.